The number of rotatable bonds is 10. The van der Waals surface area contributed by atoms with Gasteiger partial charge in [-0.25, -0.2) is 8.42 Å². The first-order valence-corrected chi connectivity index (χ1v) is 12.2. The zero-order valence-corrected chi connectivity index (χ0v) is 18.7. The van der Waals surface area contributed by atoms with Crippen molar-refractivity contribution >= 4 is 27.3 Å². The Morgan fingerprint density at radius 3 is 2.32 bits per heavy atom. The van der Waals surface area contributed by atoms with Crippen molar-refractivity contribution in [1.29, 1.82) is 0 Å². The summed E-state index contributed by atoms with van der Waals surface area (Å²) in [5.41, 5.74) is 1.02. The van der Waals surface area contributed by atoms with Gasteiger partial charge in [-0.3, -0.25) is 4.79 Å². The van der Waals surface area contributed by atoms with Gasteiger partial charge in [-0.2, -0.15) is 4.31 Å². The molecule has 1 heterocycles. The van der Waals surface area contributed by atoms with Gasteiger partial charge in [0, 0.05) is 22.8 Å². The molecule has 0 radical (unpaired) electrons. The van der Waals surface area contributed by atoms with Gasteiger partial charge in [0.2, 0.25) is 15.9 Å². The summed E-state index contributed by atoms with van der Waals surface area (Å²) in [6, 6.07) is 13.9. The average molecular weight is 423 g/mol. The monoisotopic (exact) mass is 422 g/mol. The lowest BCUT2D eigenvalue weighted by Crippen LogP contribution is -2.43. The Balaban J connectivity index is 2.20. The predicted octanol–water partition coefficient (Wildman–Crippen LogP) is 3.89. The Morgan fingerprint density at radius 1 is 1.11 bits per heavy atom. The molecule has 0 aliphatic heterocycles. The Labute approximate surface area is 173 Å². The van der Waals surface area contributed by atoms with Crippen LogP contribution in [0.3, 0.4) is 0 Å². The molecule has 7 heteroatoms. The molecule has 5 nitrogen and oxygen atoms in total. The fourth-order valence-corrected chi connectivity index (χ4v) is 4.62. The maximum atomic E-state index is 13.1. The van der Waals surface area contributed by atoms with Crippen LogP contribution < -0.4 is 0 Å². The number of sulfonamides is 1. The third-order valence-corrected chi connectivity index (χ3v) is 6.91. The summed E-state index contributed by atoms with van der Waals surface area (Å²) in [4.78, 5) is 17.1. The molecule has 2 rings (SSSR count). The molecule has 0 aliphatic rings. The Hall–Kier alpha value is -1.70. The molecule has 0 unspecified atom stereocenters. The zero-order chi connectivity index (χ0) is 20.7. The van der Waals surface area contributed by atoms with Gasteiger partial charge < -0.3 is 4.90 Å². The minimum absolute atomic E-state index is 0.125. The van der Waals surface area contributed by atoms with Gasteiger partial charge in [-0.15, -0.1) is 11.3 Å². The smallest absolute Gasteiger partial charge is 0.238 e. The molecular weight excluding hydrogens is 392 g/mol. The topological polar surface area (TPSA) is 57.7 Å². The van der Waals surface area contributed by atoms with Crippen molar-refractivity contribution in [2.45, 2.75) is 40.3 Å². The largest absolute Gasteiger partial charge is 0.332 e. The third kappa shape index (κ3) is 7.04. The molecule has 28 heavy (non-hydrogen) atoms. The van der Waals surface area contributed by atoms with E-state index >= 15 is 0 Å². The summed E-state index contributed by atoms with van der Waals surface area (Å²) in [7, 11) is -3.45. The molecule has 1 amide bonds. The average Bonchev–Trinajstić information content (AvgIpc) is 3.05. The first-order valence-electron chi connectivity index (χ1n) is 9.51. The highest BCUT2D eigenvalue weighted by molar-refractivity contribution is 7.88. The lowest BCUT2D eigenvalue weighted by Gasteiger charge is -2.27. The van der Waals surface area contributed by atoms with Gasteiger partial charge >= 0.3 is 0 Å². The van der Waals surface area contributed by atoms with E-state index in [1.165, 1.54) is 15.4 Å². The highest BCUT2D eigenvalue weighted by atomic mass is 32.2. The number of hydrogen-bond donors (Lipinski definition) is 0. The van der Waals surface area contributed by atoms with Gasteiger partial charge in [-0.05, 0) is 30.5 Å². The van der Waals surface area contributed by atoms with Crippen molar-refractivity contribution in [3.8, 4) is 0 Å². The second-order valence-corrected chi connectivity index (χ2v) is 10.7. The van der Waals surface area contributed by atoms with E-state index in [2.05, 4.69) is 0 Å². The number of aryl methyl sites for hydroxylation is 1. The van der Waals surface area contributed by atoms with Crippen molar-refractivity contribution in [3.63, 3.8) is 0 Å². The third-order valence-electron chi connectivity index (χ3n) is 4.70. The number of carbonyl (C=O) groups is 1. The highest BCUT2D eigenvalue weighted by Gasteiger charge is 2.25. The summed E-state index contributed by atoms with van der Waals surface area (Å²) in [5, 5.41) is 0. The highest BCUT2D eigenvalue weighted by Crippen LogP contribution is 2.19. The lowest BCUT2D eigenvalue weighted by atomic mass is 10.1. The minimum Gasteiger partial charge on any atom is -0.332 e. The summed E-state index contributed by atoms with van der Waals surface area (Å²) in [6.45, 7) is 7.23. The second-order valence-electron chi connectivity index (χ2n) is 7.32. The quantitative estimate of drug-likeness (QED) is 0.584. The molecule has 1 atom stereocenters. The minimum atomic E-state index is -3.45. The van der Waals surface area contributed by atoms with E-state index in [9.17, 15) is 13.2 Å². The summed E-state index contributed by atoms with van der Waals surface area (Å²) < 4.78 is 25.7. The van der Waals surface area contributed by atoms with Crippen LogP contribution >= 0.6 is 11.3 Å². The van der Waals surface area contributed by atoms with E-state index < -0.39 is 10.0 Å². The van der Waals surface area contributed by atoms with E-state index in [-0.39, 0.29) is 18.4 Å². The van der Waals surface area contributed by atoms with E-state index in [1.54, 1.807) is 16.2 Å². The summed E-state index contributed by atoms with van der Waals surface area (Å²) in [5.74, 6) is 0.0219. The Bertz CT molecular complexity index is 863. The van der Waals surface area contributed by atoms with E-state index in [0.717, 1.165) is 16.9 Å². The van der Waals surface area contributed by atoms with Crippen LogP contribution in [0.15, 0.2) is 42.5 Å². The van der Waals surface area contributed by atoms with Crippen molar-refractivity contribution in [2.75, 3.05) is 19.3 Å². The molecule has 0 saturated heterocycles. The van der Waals surface area contributed by atoms with Gasteiger partial charge in [0.15, 0.2) is 0 Å². The van der Waals surface area contributed by atoms with E-state index in [0.29, 0.717) is 19.6 Å². The van der Waals surface area contributed by atoms with Crippen LogP contribution in [0.5, 0.6) is 0 Å². The van der Waals surface area contributed by atoms with Gasteiger partial charge in [0.25, 0.3) is 0 Å². The lowest BCUT2D eigenvalue weighted by molar-refractivity contribution is -0.132. The number of thiophene rings is 1. The maximum Gasteiger partial charge on any atom is 0.238 e. The summed E-state index contributed by atoms with van der Waals surface area (Å²) in [6.07, 6.45) is 2.04. The Morgan fingerprint density at radius 2 is 1.79 bits per heavy atom. The molecule has 0 N–H and O–H groups in total. The molecule has 1 aromatic carbocycles. The first-order chi connectivity index (χ1) is 13.2. The molecule has 0 aliphatic carbocycles. The fraction of sp³-hybridized carbons (Fsp3) is 0.476. The van der Waals surface area contributed by atoms with Crippen LogP contribution in [0.2, 0.25) is 0 Å². The van der Waals surface area contributed by atoms with Crippen molar-refractivity contribution < 1.29 is 13.2 Å². The number of benzene rings is 1. The van der Waals surface area contributed by atoms with Crippen LogP contribution in [0.25, 0.3) is 0 Å². The molecule has 1 aromatic heterocycles. The van der Waals surface area contributed by atoms with Gasteiger partial charge in [0.1, 0.15) is 0 Å². The van der Waals surface area contributed by atoms with Gasteiger partial charge in [-0.1, -0.05) is 50.6 Å². The molecular formula is C21H30N2O3S2. The number of hydrogen-bond acceptors (Lipinski definition) is 4. The fourth-order valence-electron chi connectivity index (χ4n) is 2.84. The molecule has 0 spiro atoms. The molecule has 0 fully saturated rings. The maximum absolute atomic E-state index is 13.1. The zero-order valence-electron chi connectivity index (χ0n) is 17.1. The van der Waals surface area contributed by atoms with Crippen molar-refractivity contribution in [2.24, 2.45) is 5.92 Å². The van der Waals surface area contributed by atoms with Gasteiger partial charge in [0.05, 0.1) is 19.3 Å². The predicted molar refractivity (Wildman–Crippen MR) is 116 cm³/mol. The van der Waals surface area contributed by atoms with E-state index in [1.807, 2.05) is 63.2 Å². The molecule has 154 valence electrons. The molecule has 0 bridgehead atoms. The first kappa shape index (κ1) is 22.6. The number of nitrogens with zero attached hydrogens (tertiary/aromatic N) is 2. The van der Waals surface area contributed by atoms with Crippen LogP contribution in [-0.2, 0) is 27.9 Å². The second kappa shape index (κ2) is 10.2. The number of amides is 1. The SMILES string of the molecule is CC[C@H](C)CN(CC(=O)N(Cc1ccccc1)Cc1ccc(C)s1)S(C)(=O)=O. The number of carbonyl (C=O) groups excluding carboxylic acids is 1. The normalized spacial score (nSPS) is 12.9. The van der Waals surface area contributed by atoms with Crippen molar-refractivity contribution in [3.05, 3.63) is 57.8 Å². The van der Waals surface area contributed by atoms with Crippen molar-refractivity contribution in [1.82, 2.24) is 9.21 Å². The van der Waals surface area contributed by atoms with Crippen LogP contribution in [0, 0.1) is 12.8 Å². The Kier molecular flexibility index (Phi) is 8.22. The summed E-state index contributed by atoms with van der Waals surface area (Å²) >= 11 is 1.66. The van der Waals surface area contributed by atoms with E-state index in [4.69, 9.17) is 0 Å². The van der Waals surface area contributed by atoms with Crippen LogP contribution in [0.1, 0.15) is 35.6 Å². The van der Waals surface area contributed by atoms with Crippen LogP contribution in [-0.4, -0.2) is 42.9 Å². The van der Waals surface area contributed by atoms with Crippen LogP contribution in [0.4, 0.5) is 0 Å². The standard InChI is InChI=1S/C21H30N2O3S2/c1-5-17(2)13-23(28(4,25)26)16-21(24)22(14-19-9-7-6-8-10-19)15-20-12-11-18(3)27-20/h6-12,17H,5,13-16H2,1-4H3/t17-/m0/s1. The molecule has 2 aromatic rings. The molecule has 0 saturated carbocycles.